The maximum absolute atomic E-state index is 13.3. The number of anilines is 1. The Morgan fingerprint density at radius 1 is 0.931 bits per heavy atom. The highest BCUT2D eigenvalue weighted by Gasteiger charge is 2.23. The van der Waals surface area contributed by atoms with E-state index in [1.807, 2.05) is 53.4 Å². The Kier molecular flexibility index (Phi) is 4.56. The molecule has 1 amide bonds. The molecule has 29 heavy (non-hydrogen) atoms. The molecule has 0 saturated carbocycles. The molecule has 1 aliphatic rings. The number of nitrogens with one attached hydrogen (secondary N) is 1. The summed E-state index contributed by atoms with van der Waals surface area (Å²) in [6.45, 7) is 2.90. The largest absolute Gasteiger partial charge is 0.341 e. The van der Waals surface area contributed by atoms with Crippen molar-refractivity contribution in [2.75, 3.05) is 31.1 Å². The van der Waals surface area contributed by atoms with E-state index in [0.29, 0.717) is 23.8 Å². The first-order valence-electron chi connectivity index (χ1n) is 9.73. The summed E-state index contributed by atoms with van der Waals surface area (Å²) in [6, 6.07) is 17.3. The first kappa shape index (κ1) is 17.9. The van der Waals surface area contributed by atoms with Gasteiger partial charge in [-0.3, -0.25) is 4.79 Å². The Bertz CT molecular complexity index is 1170. The third kappa shape index (κ3) is 3.40. The van der Waals surface area contributed by atoms with Gasteiger partial charge in [0.2, 0.25) is 5.95 Å². The molecule has 5 rings (SSSR count). The number of benzene rings is 2. The quantitative estimate of drug-likeness (QED) is 0.509. The molecule has 2 aromatic heterocycles. The summed E-state index contributed by atoms with van der Waals surface area (Å²) in [6.07, 6.45) is 0.875. The van der Waals surface area contributed by atoms with Crippen LogP contribution in [0.4, 0.5) is 5.95 Å². The molecular formula is C22H20ClN5O. The number of carbonyl (C=O) groups is 1. The van der Waals surface area contributed by atoms with Gasteiger partial charge in [0.1, 0.15) is 5.15 Å². The zero-order chi connectivity index (χ0) is 19.8. The van der Waals surface area contributed by atoms with Gasteiger partial charge in [0.15, 0.2) is 0 Å². The second-order valence-electron chi connectivity index (χ2n) is 7.22. The number of carbonyl (C=O) groups excluding carboxylic acids is 1. The smallest absolute Gasteiger partial charge is 0.254 e. The number of hydrogen-bond acceptors (Lipinski definition) is 4. The van der Waals surface area contributed by atoms with Gasteiger partial charge < -0.3 is 14.8 Å². The zero-order valence-corrected chi connectivity index (χ0v) is 16.6. The Morgan fingerprint density at radius 2 is 1.72 bits per heavy atom. The maximum atomic E-state index is 13.3. The number of pyridine rings is 1. The van der Waals surface area contributed by atoms with E-state index in [1.165, 1.54) is 0 Å². The van der Waals surface area contributed by atoms with E-state index >= 15 is 0 Å². The monoisotopic (exact) mass is 405 g/mol. The van der Waals surface area contributed by atoms with Crippen LogP contribution in [0.25, 0.3) is 21.9 Å². The Hall–Kier alpha value is -3.12. The lowest BCUT2D eigenvalue weighted by Gasteiger charge is -2.22. The van der Waals surface area contributed by atoms with Crippen molar-refractivity contribution in [1.82, 2.24) is 19.9 Å². The van der Waals surface area contributed by atoms with Crippen LogP contribution in [-0.2, 0) is 0 Å². The van der Waals surface area contributed by atoms with E-state index in [-0.39, 0.29) is 5.91 Å². The summed E-state index contributed by atoms with van der Waals surface area (Å²) < 4.78 is 0. The fourth-order valence-electron chi connectivity index (χ4n) is 3.91. The molecule has 0 spiro atoms. The highest BCUT2D eigenvalue weighted by atomic mass is 35.5. The molecule has 4 aromatic rings. The molecule has 0 unspecified atom stereocenters. The number of para-hydroxylation sites is 3. The van der Waals surface area contributed by atoms with Gasteiger partial charge in [-0.15, -0.1) is 0 Å². The van der Waals surface area contributed by atoms with Gasteiger partial charge in [-0.25, -0.2) is 9.97 Å². The number of fused-ring (bicyclic) bond motifs is 2. The van der Waals surface area contributed by atoms with Gasteiger partial charge in [-0.2, -0.15) is 0 Å². The Morgan fingerprint density at radius 3 is 2.59 bits per heavy atom. The third-order valence-corrected chi connectivity index (χ3v) is 5.57. The molecule has 1 aliphatic heterocycles. The van der Waals surface area contributed by atoms with E-state index < -0.39 is 0 Å². The van der Waals surface area contributed by atoms with Crippen LogP contribution in [0.5, 0.6) is 0 Å². The van der Waals surface area contributed by atoms with E-state index in [0.717, 1.165) is 47.4 Å². The third-order valence-electron chi connectivity index (χ3n) is 5.37. The highest BCUT2D eigenvalue weighted by molar-refractivity contribution is 6.30. The second-order valence-corrected chi connectivity index (χ2v) is 7.61. The number of H-pyrrole nitrogens is 1. The summed E-state index contributed by atoms with van der Waals surface area (Å²) in [5.74, 6) is 0.856. The number of amides is 1. The Labute approximate surface area is 173 Å². The predicted molar refractivity (Wildman–Crippen MR) is 116 cm³/mol. The molecule has 1 N–H and O–H groups in total. The van der Waals surface area contributed by atoms with Crippen molar-refractivity contribution in [3.05, 3.63) is 65.3 Å². The summed E-state index contributed by atoms with van der Waals surface area (Å²) >= 11 is 6.18. The lowest BCUT2D eigenvalue weighted by atomic mass is 10.1. The van der Waals surface area contributed by atoms with Crippen LogP contribution in [0.15, 0.2) is 54.6 Å². The number of imidazole rings is 1. The summed E-state index contributed by atoms with van der Waals surface area (Å²) in [5.41, 5.74) is 3.33. The minimum absolute atomic E-state index is 0.00282. The van der Waals surface area contributed by atoms with Crippen molar-refractivity contribution in [3.8, 4) is 0 Å². The van der Waals surface area contributed by atoms with Gasteiger partial charge in [0.25, 0.3) is 5.91 Å². The molecule has 0 atom stereocenters. The number of aromatic amines is 1. The van der Waals surface area contributed by atoms with Crippen LogP contribution in [0.1, 0.15) is 16.8 Å². The molecule has 0 radical (unpaired) electrons. The second kappa shape index (κ2) is 7.37. The maximum Gasteiger partial charge on any atom is 0.254 e. The summed E-state index contributed by atoms with van der Waals surface area (Å²) in [4.78, 5) is 29.8. The summed E-state index contributed by atoms with van der Waals surface area (Å²) in [7, 11) is 0. The van der Waals surface area contributed by atoms with Crippen LogP contribution in [-0.4, -0.2) is 51.9 Å². The SMILES string of the molecule is O=C(c1cc(Cl)nc2ccccc12)N1CCCN(c2nc3ccccc3[nH]2)CC1. The fraction of sp³-hybridized carbons (Fsp3) is 0.227. The van der Waals surface area contributed by atoms with Crippen LogP contribution >= 0.6 is 11.6 Å². The minimum Gasteiger partial charge on any atom is -0.341 e. The lowest BCUT2D eigenvalue weighted by molar-refractivity contribution is 0.0769. The fourth-order valence-corrected chi connectivity index (χ4v) is 4.11. The van der Waals surface area contributed by atoms with Gasteiger partial charge in [0.05, 0.1) is 22.1 Å². The standard InChI is InChI=1S/C22H20ClN5O/c23-20-14-16(15-6-1-2-7-17(15)24-20)21(29)27-10-5-11-28(13-12-27)22-25-18-8-3-4-9-19(18)26-22/h1-4,6-9,14H,5,10-13H2,(H,25,26). The molecule has 7 heteroatoms. The van der Waals surface area contributed by atoms with Crippen molar-refractivity contribution in [3.63, 3.8) is 0 Å². The van der Waals surface area contributed by atoms with Gasteiger partial charge in [0, 0.05) is 31.6 Å². The van der Waals surface area contributed by atoms with Crippen molar-refractivity contribution < 1.29 is 4.79 Å². The molecule has 0 aliphatic carbocycles. The molecule has 2 aromatic carbocycles. The van der Waals surface area contributed by atoms with E-state index in [2.05, 4.69) is 14.9 Å². The van der Waals surface area contributed by atoms with Crippen LogP contribution in [0.3, 0.4) is 0 Å². The van der Waals surface area contributed by atoms with Crippen LogP contribution < -0.4 is 4.90 Å². The van der Waals surface area contributed by atoms with E-state index in [9.17, 15) is 4.79 Å². The topological polar surface area (TPSA) is 65.1 Å². The van der Waals surface area contributed by atoms with Crippen molar-refractivity contribution in [1.29, 1.82) is 0 Å². The number of nitrogens with zero attached hydrogens (tertiary/aromatic N) is 4. The number of rotatable bonds is 2. The van der Waals surface area contributed by atoms with Crippen molar-refractivity contribution in [2.45, 2.75) is 6.42 Å². The van der Waals surface area contributed by atoms with Gasteiger partial charge >= 0.3 is 0 Å². The molecule has 0 bridgehead atoms. The first-order valence-corrected chi connectivity index (χ1v) is 10.1. The van der Waals surface area contributed by atoms with Crippen LogP contribution in [0, 0.1) is 0 Å². The first-order chi connectivity index (χ1) is 14.2. The van der Waals surface area contributed by atoms with Crippen LogP contribution in [0.2, 0.25) is 5.15 Å². The van der Waals surface area contributed by atoms with Crippen molar-refractivity contribution >= 4 is 45.4 Å². The molecule has 1 fully saturated rings. The van der Waals surface area contributed by atoms with Gasteiger partial charge in [-0.1, -0.05) is 41.9 Å². The zero-order valence-electron chi connectivity index (χ0n) is 15.8. The molecule has 3 heterocycles. The highest BCUT2D eigenvalue weighted by Crippen LogP contribution is 2.24. The van der Waals surface area contributed by atoms with E-state index in [4.69, 9.17) is 16.6 Å². The predicted octanol–water partition coefficient (Wildman–Crippen LogP) is 4.12. The van der Waals surface area contributed by atoms with Gasteiger partial charge in [-0.05, 0) is 30.7 Å². The average molecular weight is 406 g/mol. The Balaban J connectivity index is 1.39. The molecule has 146 valence electrons. The lowest BCUT2D eigenvalue weighted by Crippen LogP contribution is -2.35. The number of halogens is 1. The molecule has 6 nitrogen and oxygen atoms in total. The number of hydrogen-bond donors (Lipinski definition) is 1. The number of aromatic nitrogens is 3. The molecule has 1 saturated heterocycles. The average Bonchev–Trinajstić information content (AvgIpc) is 3.02. The van der Waals surface area contributed by atoms with Crippen molar-refractivity contribution in [2.24, 2.45) is 0 Å². The summed E-state index contributed by atoms with van der Waals surface area (Å²) in [5, 5.41) is 1.17. The molecular weight excluding hydrogens is 386 g/mol. The normalized spacial score (nSPS) is 15.1. The van der Waals surface area contributed by atoms with E-state index in [1.54, 1.807) is 6.07 Å². The minimum atomic E-state index is -0.00282.